The van der Waals surface area contributed by atoms with Crippen LogP contribution in [0.4, 0.5) is 28.4 Å². The van der Waals surface area contributed by atoms with Crippen molar-refractivity contribution >= 4 is 46.3 Å². The highest BCUT2D eigenvalue weighted by atomic mass is 15.5. The maximum atomic E-state index is 4.90. The van der Waals surface area contributed by atoms with Gasteiger partial charge in [-0.15, -0.1) is 0 Å². The third kappa shape index (κ3) is 7.64. The molecule has 0 fully saturated rings. The van der Waals surface area contributed by atoms with Crippen LogP contribution in [0.3, 0.4) is 0 Å². The van der Waals surface area contributed by atoms with E-state index in [-0.39, 0.29) is 0 Å². The van der Waals surface area contributed by atoms with Crippen molar-refractivity contribution in [2.45, 2.75) is 13.8 Å². The zero-order valence-electron chi connectivity index (χ0n) is 28.4. The summed E-state index contributed by atoms with van der Waals surface area (Å²) in [6.07, 6.45) is 4.21. The van der Waals surface area contributed by atoms with Gasteiger partial charge in [-0.2, -0.15) is 5.10 Å². The van der Waals surface area contributed by atoms with Gasteiger partial charge >= 0.3 is 0 Å². The lowest BCUT2D eigenvalue weighted by molar-refractivity contribution is 1.09. The third-order valence-corrected chi connectivity index (χ3v) is 8.61. The minimum absolute atomic E-state index is 1.00. The molecule has 0 heterocycles. The fourth-order valence-corrected chi connectivity index (χ4v) is 6.12. The Morgan fingerprint density at radius 1 is 0.420 bits per heavy atom. The van der Waals surface area contributed by atoms with Gasteiger partial charge in [0.05, 0.1) is 17.6 Å². The van der Waals surface area contributed by atoms with Crippen molar-refractivity contribution in [1.29, 1.82) is 0 Å². The number of hydrazone groups is 1. The summed E-state index contributed by atoms with van der Waals surface area (Å²) in [4.78, 5) is 2.29. The zero-order chi connectivity index (χ0) is 34.1. The second-order valence-corrected chi connectivity index (χ2v) is 12.4. The van der Waals surface area contributed by atoms with Crippen molar-refractivity contribution in [3.05, 3.63) is 221 Å². The SMILES string of the molecule is Cc1cccc(C(=Cc2ccc(N(c3ccccc3)c3ccc(C=NN(c4ccccc4)c4ccccc4)cc3)cc2)c2cccc(C)c2)c1. The maximum Gasteiger partial charge on any atom is 0.0652 e. The van der Waals surface area contributed by atoms with Crippen LogP contribution in [0.25, 0.3) is 11.6 Å². The molecule has 0 aliphatic rings. The molecule has 0 atom stereocenters. The second-order valence-electron chi connectivity index (χ2n) is 12.4. The Morgan fingerprint density at radius 3 is 1.30 bits per heavy atom. The van der Waals surface area contributed by atoms with Crippen LogP contribution < -0.4 is 9.91 Å². The van der Waals surface area contributed by atoms with Gasteiger partial charge in [0, 0.05) is 17.1 Å². The Hall–Kier alpha value is -6.45. The van der Waals surface area contributed by atoms with Gasteiger partial charge in [0.25, 0.3) is 0 Å². The van der Waals surface area contributed by atoms with Gasteiger partial charge in [0.15, 0.2) is 0 Å². The minimum Gasteiger partial charge on any atom is -0.311 e. The fourth-order valence-electron chi connectivity index (χ4n) is 6.12. The van der Waals surface area contributed by atoms with Gasteiger partial charge in [0.1, 0.15) is 0 Å². The summed E-state index contributed by atoms with van der Waals surface area (Å²) in [6.45, 7) is 4.29. The highest BCUT2D eigenvalue weighted by Gasteiger charge is 2.13. The van der Waals surface area contributed by atoms with Crippen LogP contribution in [0.5, 0.6) is 0 Å². The smallest absolute Gasteiger partial charge is 0.0652 e. The molecule has 7 rings (SSSR count). The topological polar surface area (TPSA) is 18.8 Å². The Labute approximate surface area is 295 Å². The van der Waals surface area contributed by atoms with E-state index >= 15 is 0 Å². The van der Waals surface area contributed by atoms with E-state index in [4.69, 9.17) is 5.10 Å². The van der Waals surface area contributed by atoms with E-state index in [0.29, 0.717) is 0 Å². The third-order valence-electron chi connectivity index (χ3n) is 8.61. The summed E-state index contributed by atoms with van der Waals surface area (Å²) >= 11 is 0. The summed E-state index contributed by atoms with van der Waals surface area (Å²) in [7, 11) is 0. The van der Waals surface area contributed by atoms with Gasteiger partial charge in [0.2, 0.25) is 0 Å². The van der Waals surface area contributed by atoms with E-state index < -0.39 is 0 Å². The van der Waals surface area contributed by atoms with Crippen molar-refractivity contribution < 1.29 is 0 Å². The molecule has 0 aliphatic heterocycles. The van der Waals surface area contributed by atoms with Crippen LogP contribution in [0.15, 0.2) is 193 Å². The summed E-state index contributed by atoms with van der Waals surface area (Å²) in [6, 6.07) is 65.8. The Balaban J connectivity index is 1.20. The number of nitrogens with zero attached hydrogens (tertiary/aromatic N) is 3. The van der Waals surface area contributed by atoms with E-state index in [1.54, 1.807) is 0 Å². The molecule has 7 aromatic carbocycles. The summed E-state index contributed by atoms with van der Waals surface area (Å²) in [5, 5.41) is 6.86. The van der Waals surface area contributed by atoms with Gasteiger partial charge < -0.3 is 4.90 Å². The molecule has 242 valence electrons. The minimum atomic E-state index is 1.00. The average Bonchev–Trinajstić information content (AvgIpc) is 3.16. The zero-order valence-corrected chi connectivity index (χ0v) is 28.4. The molecule has 0 bridgehead atoms. The molecule has 0 unspecified atom stereocenters. The van der Waals surface area contributed by atoms with Crippen LogP contribution in [-0.4, -0.2) is 6.21 Å². The molecule has 3 heteroatoms. The molecule has 0 saturated carbocycles. The van der Waals surface area contributed by atoms with Gasteiger partial charge in [-0.25, -0.2) is 5.01 Å². The van der Waals surface area contributed by atoms with Gasteiger partial charge in [-0.1, -0.05) is 139 Å². The number of para-hydroxylation sites is 3. The Bertz CT molecular complexity index is 2120. The lowest BCUT2D eigenvalue weighted by Crippen LogP contribution is -2.10. The maximum absolute atomic E-state index is 4.90. The van der Waals surface area contributed by atoms with Crippen molar-refractivity contribution in [2.75, 3.05) is 9.91 Å². The molecule has 0 N–H and O–H groups in total. The highest BCUT2D eigenvalue weighted by molar-refractivity contribution is 5.92. The fraction of sp³-hybridized carbons (Fsp3) is 0.0426. The molecule has 50 heavy (non-hydrogen) atoms. The first kappa shape index (κ1) is 32.1. The van der Waals surface area contributed by atoms with E-state index in [0.717, 1.165) is 39.6 Å². The van der Waals surface area contributed by atoms with Crippen LogP contribution in [0.2, 0.25) is 0 Å². The van der Waals surface area contributed by atoms with Crippen LogP contribution in [-0.2, 0) is 0 Å². The van der Waals surface area contributed by atoms with Crippen molar-refractivity contribution in [1.82, 2.24) is 0 Å². The predicted molar refractivity (Wildman–Crippen MR) is 213 cm³/mol. The Morgan fingerprint density at radius 2 is 0.840 bits per heavy atom. The number of hydrogen-bond donors (Lipinski definition) is 0. The first-order valence-electron chi connectivity index (χ1n) is 17.0. The van der Waals surface area contributed by atoms with Crippen molar-refractivity contribution in [3.63, 3.8) is 0 Å². The first-order valence-corrected chi connectivity index (χ1v) is 17.0. The molecule has 0 saturated heterocycles. The normalized spacial score (nSPS) is 10.9. The molecule has 0 radical (unpaired) electrons. The predicted octanol–water partition coefficient (Wildman–Crippen LogP) is 12.5. The second kappa shape index (κ2) is 15.2. The summed E-state index contributed by atoms with van der Waals surface area (Å²) < 4.78 is 0. The molecule has 3 nitrogen and oxygen atoms in total. The van der Waals surface area contributed by atoms with E-state index in [9.17, 15) is 0 Å². The van der Waals surface area contributed by atoms with Gasteiger partial charge in [-0.05, 0) is 108 Å². The van der Waals surface area contributed by atoms with Crippen molar-refractivity contribution in [3.8, 4) is 0 Å². The highest BCUT2D eigenvalue weighted by Crippen LogP contribution is 2.35. The standard InChI is InChI=1S/C47H39N3/c1-36-14-12-16-40(32-36)47(41-17-13-15-37(2)33-41)34-38-24-28-43(29-25-38)49(42-18-6-3-7-19-42)44-30-26-39(27-31-44)35-48-50(45-20-8-4-9-21-45)46-22-10-5-11-23-46/h3-35H,1-2H3. The molecule has 0 aromatic heterocycles. The number of hydrogen-bond acceptors (Lipinski definition) is 3. The number of benzene rings is 7. The number of aryl methyl sites for hydroxylation is 2. The molecule has 0 aliphatic carbocycles. The molecule has 7 aromatic rings. The van der Waals surface area contributed by atoms with Crippen LogP contribution >= 0.6 is 0 Å². The van der Waals surface area contributed by atoms with Crippen molar-refractivity contribution in [2.24, 2.45) is 5.10 Å². The van der Waals surface area contributed by atoms with E-state index in [1.807, 2.05) is 47.6 Å². The average molecular weight is 646 g/mol. The van der Waals surface area contributed by atoms with Crippen LogP contribution in [0.1, 0.15) is 33.4 Å². The summed E-state index contributed by atoms with van der Waals surface area (Å²) in [5.74, 6) is 0. The number of rotatable bonds is 10. The largest absolute Gasteiger partial charge is 0.311 e. The summed E-state index contributed by atoms with van der Waals surface area (Å²) in [5.41, 5.74) is 13.5. The molecular weight excluding hydrogens is 607 g/mol. The van der Waals surface area contributed by atoms with E-state index in [2.05, 4.69) is 176 Å². The molecule has 0 amide bonds. The van der Waals surface area contributed by atoms with E-state index in [1.165, 1.54) is 27.8 Å². The van der Waals surface area contributed by atoms with Gasteiger partial charge in [-0.3, -0.25) is 0 Å². The number of anilines is 5. The first-order chi connectivity index (χ1) is 24.6. The Kier molecular flexibility index (Phi) is 9.75. The monoisotopic (exact) mass is 645 g/mol. The molecular formula is C47H39N3. The quantitative estimate of drug-likeness (QED) is 0.0837. The lowest BCUT2D eigenvalue weighted by atomic mass is 9.93. The van der Waals surface area contributed by atoms with Crippen LogP contribution in [0, 0.1) is 13.8 Å². The lowest BCUT2D eigenvalue weighted by Gasteiger charge is -2.25. The molecule has 0 spiro atoms.